The molecular formula is C18H15N3O3S. The van der Waals surface area contributed by atoms with Crippen LogP contribution >= 0.6 is 11.3 Å². The van der Waals surface area contributed by atoms with Gasteiger partial charge in [-0.1, -0.05) is 12.1 Å². The molecule has 1 aliphatic heterocycles. The highest BCUT2D eigenvalue weighted by atomic mass is 32.1. The third-order valence-electron chi connectivity index (χ3n) is 3.81. The highest BCUT2D eigenvalue weighted by Crippen LogP contribution is 2.34. The summed E-state index contributed by atoms with van der Waals surface area (Å²) in [4.78, 5) is 21.0. The lowest BCUT2D eigenvalue weighted by atomic mass is 10.1. The summed E-state index contributed by atoms with van der Waals surface area (Å²) < 4.78 is 11.6. The van der Waals surface area contributed by atoms with Crippen LogP contribution in [-0.2, 0) is 4.79 Å². The summed E-state index contributed by atoms with van der Waals surface area (Å²) in [6, 6.07) is 11.1. The van der Waals surface area contributed by atoms with Gasteiger partial charge in [0.05, 0.1) is 5.69 Å². The van der Waals surface area contributed by atoms with Gasteiger partial charge < -0.3 is 9.47 Å². The molecule has 1 N–H and O–H groups in total. The van der Waals surface area contributed by atoms with Gasteiger partial charge >= 0.3 is 0 Å². The minimum absolute atomic E-state index is 0.280. The standard InChI is InChI=1S/C18H15N3O3S/c1-11-16(24-15-5-3-2-4-14(15)23-11)17(22)21-18-20-13(10-25-18)12-6-8-19-9-7-12/h2-11,16H,1H3,(H,20,21,22)/t11-,16-/m1/s1. The molecule has 3 aromatic rings. The molecule has 0 saturated carbocycles. The second-order valence-electron chi connectivity index (χ2n) is 5.57. The van der Waals surface area contributed by atoms with Crippen molar-refractivity contribution < 1.29 is 14.3 Å². The lowest BCUT2D eigenvalue weighted by Crippen LogP contribution is -2.46. The largest absolute Gasteiger partial charge is 0.482 e. The number of anilines is 1. The van der Waals surface area contributed by atoms with E-state index in [1.165, 1.54) is 11.3 Å². The first kappa shape index (κ1) is 15.6. The minimum atomic E-state index is -0.733. The van der Waals surface area contributed by atoms with Gasteiger partial charge in [0.2, 0.25) is 6.10 Å². The third-order valence-corrected chi connectivity index (χ3v) is 4.57. The fourth-order valence-corrected chi connectivity index (χ4v) is 3.29. The molecule has 0 fully saturated rings. The summed E-state index contributed by atoms with van der Waals surface area (Å²) in [5.74, 6) is 0.934. The Balaban J connectivity index is 1.48. The molecule has 0 aliphatic carbocycles. The number of hydrogen-bond donors (Lipinski definition) is 1. The second kappa shape index (κ2) is 6.52. The number of rotatable bonds is 3. The van der Waals surface area contributed by atoms with Gasteiger partial charge in [0.25, 0.3) is 5.91 Å². The average molecular weight is 353 g/mol. The minimum Gasteiger partial charge on any atom is -0.482 e. The fourth-order valence-electron chi connectivity index (χ4n) is 2.57. The van der Waals surface area contributed by atoms with E-state index in [9.17, 15) is 4.79 Å². The van der Waals surface area contributed by atoms with Crippen molar-refractivity contribution in [1.29, 1.82) is 0 Å². The molecule has 0 radical (unpaired) electrons. The maximum Gasteiger partial charge on any atom is 0.271 e. The van der Waals surface area contributed by atoms with E-state index in [0.717, 1.165) is 11.3 Å². The van der Waals surface area contributed by atoms with Gasteiger partial charge in [0, 0.05) is 23.3 Å². The van der Waals surface area contributed by atoms with Crippen molar-refractivity contribution in [2.75, 3.05) is 5.32 Å². The number of hydrogen-bond acceptors (Lipinski definition) is 6. The molecule has 0 saturated heterocycles. The van der Waals surface area contributed by atoms with E-state index in [2.05, 4.69) is 15.3 Å². The molecule has 1 aliphatic rings. The number of nitrogens with one attached hydrogen (secondary N) is 1. The highest BCUT2D eigenvalue weighted by molar-refractivity contribution is 7.14. The lowest BCUT2D eigenvalue weighted by Gasteiger charge is -2.30. The Kier molecular flexibility index (Phi) is 4.07. The first-order valence-corrected chi connectivity index (χ1v) is 8.68. The number of para-hydroxylation sites is 2. The molecule has 2 aromatic heterocycles. The number of carbonyl (C=O) groups is 1. The maximum atomic E-state index is 12.6. The molecular weight excluding hydrogens is 338 g/mol. The summed E-state index contributed by atoms with van der Waals surface area (Å²) in [5.41, 5.74) is 1.74. The number of carbonyl (C=O) groups excluding carboxylic acids is 1. The van der Waals surface area contributed by atoms with Crippen molar-refractivity contribution in [3.8, 4) is 22.8 Å². The molecule has 1 amide bonds. The molecule has 6 nitrogen and oxygen atoms in total. The molecule has 0 bridgehead atoms. The molecule has 1 aromatic carbocycles. The van der Waals surface area contributed by atoms with Crippen LogP contribution in [0.2, 0.25) is 0 Å². The predicted molar refractivity (Wildman–Crippen MR) is 94.9 cm³/mol. The van der Waals surface area contributed by atoms with E-state index in [4.69, 9.17) is 9.47 Å². The van der Waals surface area contributed by atoms with Crippen LogP contribution in [0.25, 0.3) is 11.3 Å². The zero-order valence-corrected chi connectivity index (χ0v) is 14.2. The van der Waals surface area contributed by atoms with Crippen LogP contribution in [0.3, 0.4) is 0 Å². The first-order valence-electron chi connectivity index (χ1n) is 7.80. The molecule has 2 atom stereocenters. The fraction of sp³-hybridized carbons (Fsp3) is 0.167. The quantitative estimate of drug-likeness (QED) is 0.781. The second-order valence-corrected chi connectivity index (χ2v) is 6.43. The van der Waals surface area contributed by atoms with Gasteiger partial charge in [-0.25, -0.2) is 4.98 Å². The van der Waals surface area contributed by atoms with Gasteiger partial charge in [-0.2, -0.15) is 0 Å². The summed E-state index contributed by atoms with van der Waals surface area (Å²) in [6.45, 7) is 1.81. The van der Waals surface area contributed by atoms with Gasteiger partial charge in [-0.15, -0.1) is 11.3 Å². The summed E-state index contributed by atoms with van der Waals surface area (Å²) in [6.07, 6.45) is 2.29. The number of aromatic nitrogens is 2. The number of pyridine rings is 1. The third kappa shape index (κ3) is 3.18. The van der Waals surface area contributed by atoms with Crippen molar-refractivity contribution >= 4 is 22.4 Å². The van der Waals surface area contributed by atoms with E-state index in [1.807, 2.05) is 42.6 Å². The van der Waals surface area contributed by atoms with Gasteiger partial charge in [0.1, 0.15) is 6.10 Å². The Labute approximate surface area is 148 Å². The Morgan fingerprint density at radius 2 is 1.84 bits per heavy atom. The highest BCUT2D eigenvalue weighted by Gasteiger charge is 2.34. The first-order chi connectivity index (χ1) is 12.2. The van der Waals surface area contributed by atoms with Crippen LogP contribution < -0.4 is 14.8 Å². The summed E-state index contributed by atoms with van der Waals surface area (Å²) in [5, 5.41) is 5.22. The molecule has 0 unspecified atom stereocenters. The molecule has 3 heterocycles. The number of thiazole rings is 1. The zero-order valence-electron chi connectivity index (χ0n) is 13.4. The van der Waals surface area contributed by atoms with E-state index >= 15 is 0 Å². The van der Waals surface area contributed by atoms with E-state index < -0.39 is 12.2 Å². The average Bonchev–Trinajstić information content (AvgIpc) is 3.10. The SMILES string of the molecule is C[C@H]1Oc2ccccc2O[C@H]1C(=O)Nc1nc(-c2ccncc2)cs1. The van der Waals surface area contributed by atoms with Crippen molar-refractivity contribution in [3.63, 3.8) is 0 Å². The van der Waals surface area contributed by atoms with Gasteiger partial charge in [-0.05, 0) is 31.2 Å². The van der Waals surface area contributed by atoms with E-state index in [1.54, 1.807) is 18.5 Å². The van der Waals surface area contributed by atoms with E-state index in [0.29, 0.717) is 16.6 Å². The number of fused-ring (bicyclic) bond motifs is 1. The lowest BCUT2D eigenvalue weighted by molar-refractivity contribution is -0.128. The zero-order chi connectivity index (χ0) is 17.2. The topological polar surface area (TPSA) is 73.3 Å². The maximum absolute atomic E-state index is 12.6. The van der Waals surface area contributed by atoms with Crippen LogP contribution in [0.15, 0.2) is 54.2 Å². The van der Waals surface area contributed by atoms with Crippen LogP contribution in [0.1, 0.15) is 6.92 Å². The summed E-state index contributed by atoms with van der Waals surface area (Å²) >= 11 is 1.36. The normalized spacial score (nSPS) is 18.6. The number of benzene rings is 1. The number of amides is 1. The Morgan fingerprint density at radius 3 is 2.60 bits per heavy atom. The van der Waals surface area contributed by atoms with Crippen molar-refractivity contribution in [2.24, 2.45) is 0 Å². The van der Waals surface area contributed by atoms with E-state index in [-0.39, 0.29) is 5.91 Å². The van der Waals surface area contributed by atoms with Crippen LogP contribution in [0.5, 0.6) is 11.5 Å². The monoisotopic (exact) mass is 353 g/mol. The number of ether oxygens (including phenoxy) is 2. The Bertz CT molecular complexity index is 897. The van der Waals surface area contributed by atoms with Gasteiger partial charge in [-0.3, -0.25) is 15.1 Å². The van der Waals surface area contributed by atoms with Crippen LogP contribution in [0.4, 0.5) is 5.13 Å². The van der Waals surface area contributed by atoms with Crippen molar-refractivity contribution in [1.82, 2.24) is 9.97 Å². The smallest absolute Gasteiger partial charge is 0.271 e. The predicted octanol–water partition coefficient (Wildman–Crippen LogP) is 3.37. The van der Waals surface area contributed by atoms with Gasteiger partial charge in [0.15, 0.2) is 16.6 Å². The van der Waals surface area contributed by atoms with Crippen molar-refractivity contribution in [3.05, 3.63) is 54.2 Å². The van der Waals surface area contributed by atoms with Crippen molar-refractivity contribution in [2.45, 2.75) is 19.1 Å². The van der Waals surface area contributed by atoms with Crippen LogP contribution in [-0.4, -0.2) is 28.1 Å². The summed E-state index contributed by atoms with van der Waals surface area (Å²) in [7, 11) is 0. The molecule has 7 heteroatoms. The molecule has 25 heavy (non-hydrogen) atoms. The number of nitrogens with zero attached hydrogens (tertiary/aromatic N) is 2. The van der Waals surface area contributed by atoms with Crippen LogP contribution in [0, 0.1) is 0 Å². The Morgan fingerprint density at radius 1 is 1.12 bits per heavy atom. The molecule has 4 rings (SSSR count). The molecule has 0 spiro atoms. The molecule has 126 valence electrons. The Hall–Kier alpha value is -2.93.